The first kappa shape index (κ1) is 20.7. The van der Waals surface area contributed by atoms with Gasteiger partial charge in [-0.05, 0) is 24.8 Å². The minimum Gasteiger partial charge on any atom is -0.489 e. The van der Waals surface area contributed by atoms with Crippen molar-refractivity contribution in [3.63, 3.8) is 0 Å². The Morgan fingerprint density at radius 3 is 2.94 bits per heavy atom. The highest BCUT2D eigenvalue weighted by Gasteiger charge is 2.41. The topological polar surface area (TPSA) is 111 Å². The summed E-state index contributed by atoms with van der Waals surface area (Å²) in [6, 6.07) is 9.18. The Balaban J connectivity index is 1.83. The number of para-hydroxylation sites is 1. The quantitative estimate of drug-likeness (QED) is 0.721. The molecule has 8 nitrogen and oxygen atoms in total. The van der Waals surface area contributed by atoms with Crippen molar-refractivity contribution in [2.75, 3.05) is 29.9 Å². The second kappa shape index (κ2) is 8.64. The number of ether oxygens (including phenoxy) is 1. The van der Waals surface area contributed by atoms with E-state index in [2.05, 4.69) is 34.9 Å². The molecule has 2 aliphatic rings. The maximum atomic E-state index is 13.2. The molecule has 0 saturated carbocycles. The Kier molecular flexibility index (Phi) is 5.76. The Morgan fingerprint density at radius 2 is 2.19 bits per heavy atom. The SMILES string of the molecule is C=CCOc1ccccc1C1c2c(nc(N3CCCC(C)C3)[nH]c2=O)NC(=O)C1C#N. The summed E-state index contributed by atoms with van der Waals surface area (Å²) in [5.74, 6) is -0.700. The first-order chi connectivity index (χ1) is 15.0. The third-order valence-electron chi connectivity index (χ3n) is 5.82. The zero-order chi connectivity index (χ0) is 22.0. The van der Waals surface area contributed by atoms with Crippen LogP contribution in [0.3, 0.4) is 0 Å². The van der Waals surface area contributed by atoms with Crippen LogP contribution in [-0.4, -0.2) is 35.6 Å². The highest BCUT2D eigenvalue weighted by molar-refractivity contribution is 5.98. The Hall–Kier alpha value is -3.60. The van der Waals surface area contributed by atoms with Crippen molar-refractivity contribution >= 4 is 17.7 Å². The van der Waals surface area contributed by atoms with Crippen molar-refractivity contribution in [1.29, 1.82) is 5.26 Å². The maximum absolute atomic E-state index is 13.2. The second-order valence-electron chi connectivity index (χ2n) is 8.06. The molecule has 1 fully saturated rings. The lowest BCUT2D eigenvalue weighted by atomic mass is 9.79. The summed E-state index contributed by atoms with van der Waals surface area (Å²) in [4.78, 5) is 35.6. The number of aromatic amines is 1. The van der Waals surface area contributed by atoms with E-state index in [1.807, 2.05) is 4.90 Å². The van der Waals surface area contributed by atoms with E-state index in [-0.39, 0.29) is 23.5 Å². The third kappa shape index (κ3) is 3.91. The van der Waals surface area contributed by atoms with Gasteiger partial charge in [-0.25, -0.2) is 0 Å². The predicted octanol–water partition coefficient (Wildman–Crippen LogP) is 2.79. The molecule has 4 rings (SSSR count). The van der Waals surface area contributed by atoms with E-state index < -0.39 is 17.7 Å². The van der Waals surface area contributed by atoms with E-state index in [1.54, 1.807) is 30.3 Å². The molecule has 2 aliphatic heterocycles. The fourth-order valence-corrected chi connectivity index (χ4v) is 4.38. The van der Waals surface area contributed by atoms with Gasteiger partial charge < -0.3 is 15.0 Å². The van der Waals surface area contributed by atoms with Crippen LogP contribution in [0.1, 0.15) is 36.8 Å². The van der Waals surface area contributed by atoms with E-state index >= 15 is 0 Å². The van der Waals surface area contributed by atoms with Gasteiger partial charge in [0.05, 0.1) is 11.6 Å². The lowest BCUT2D eigenvalue weighted by Gasteiger charge is -2.33. The van der Waals surface area contributed by atoms with Crippen LogP contribution < -0.4 is 20.5 Å². The van der Waals surface area contributed by atoms with Gasteiger partial charge in [-0.2, -0.15) is 10.2 Å². The number of anilines is 2. The summed E-state index contributed by atoms with van der Waals surface area (Å²) in [5.41, 5.74) is 0.509. The van der Waals surface area contributed by atoms with Gasteiger partial charge in [0.2, 0.25) is 11.9 Å². The number of carbonyl (C=O) groups excluding carboxylic acids is 1. The van der Waals surface area contributed by atoms with Crippen LogP contribution in [0.2, 0.25) is 0 Å². The van der Waals surface area contributed by atoms with Crippen molar-refractivity contribution in [2.24, 2.45) is 11.8 Å². The number of nitrogens with zero attached hydrogens (tertiary/aromatic N) is 3. The number of amides is 1. The summed E-state index contributed by atoms with van der Waals surface area (Å²) >= 11 is 0. The standard InChI is InChI=1S/C23H25N5O3/c1-3-11-31-17-9-5-4-8-15(17)18-16(12-24)21(29)25-20-19(18)22(30)27-23(26-20)28-10-6-7-14(2)13-28/h3-5,8-9,14,16,18H,1,6-7,10-11,13H2,2H3,(H2,25,26,27,29,30). The third-order valence-corrected chi connectivity index (χ3v) is 5.82. The summed E-state index contributed by atoms with van der Waals surface area (Å²) < 4.78 is 5.75. The molecule has 2 aromatic rings. The van der Waals surface area contributed by atoms with Crippen molar-refractivity contribution in [3.05, 3.63) is 58.4 Å². The molecule has 1 saturated heterocycles. The molecule has 1 amide bonds. The molecule has 3 atom stereocenters. The van der Waals surface area contributed by atoms with Crippen LogP contribution in [0.4, 0.5) is 11.8 Å². The van der Waals surface area contributed by atoms with Gasteiger partial charge in [0, 0.05) is 24.6 Å². The lowest BCUT2D eigenvalue weighted by Crippen LogP contribution is -2.41. The van der Waals surface area contributed by atoms with E-state index in [0.717, 1.165) is 25.9 Å². The summed E-state index contributed by atoms with van der Waals surface area (Å²) in [7, 11) is 0. The Labute approximate surface area is 180 Å². The van der Waals surface area contributed by atoms with Gasteiger partial charge in [0.25, 0.3) is 5.56 Å². The molecule has 31 heavy (non-hydrogen) atoms. The summed E-state index contributed by atoms with van der Waals surface area (Å²) in [6.45, 7) is 7.67. The number of rotatable bonds is 5. The molecular formula is C23H25N5O3. The second-order valence-corrected chi connectivity index (χ2v) is 8.06. The van der Waals surface area contributed by atoms with Gasteiger partial charge in [0.1, 0.15) is 24.1 Å². The van der Waals surface area contributed by atoms with Crippen molar-refractivity contribution in [2.45, 2.75) is 25.7 Å². The van der Waals surface area contributed by atoms with Crippen molar-refractivity contribution in [1.82, 2.24) is 9.97 Å². The largest absolute Gasteiger partial charge is 0.489 e. The molecule has 1 aromatic heterocycles. The van der Waals surface area contributed by atoms with E-state index in [1.165, 1.54) is 0 Å². The predicted molar refractivity (Wildman–Crippen MR) is 117 cm³/mol. The number of hydrogen-bond donors (Lipinski definition) is 2. The molecule has 0 bridgehead atoms. The Morgan fingerprint density at radius 1 is 1.39 bits per heavy atom. The lowest BCUT2D eigenvalue weighted by molar-refractivity contribution is -0.119. The molecule has 0 aliphatic carbocycles. The number of benzene rings is 1. The number of piperidine rings is 1. The number of aromatic nitrogens is 2. The number of hydrogen-bond acceptors (Lipinski definition) is 6. The van der Waals surface area contributed by atoms with Crippen molar-refractivity contribution < 1.29 is 9.53 Å². The number of nitrogens with one attached hydrogen (secondary N) is 2. The van der Waals surface area contributed by atoms with Crippen LogP contribution in [0, 0.1) is 23.2 Å². The molecule has 0 spiro atoms. The molecule has 0 radical (unpaired) electrons. The highest BCUT2D eigenvalue weighted by Crippen LogP contribution is 2.41. The van der Waals surface area contributed by atoms with Crippen LogP contribution in [0.15, 0.2) is 41.7 Å². The zero-order valence-corrected chi connectivity index (χ0v) is 17.4. The normalized spacial score (nSPS) is 22.8. The molecule has 3 heterocycles. The highest BCUT2D eigenvalue weighted by atomic mass is 16.5. The van der Waals surface area contributed by atoms with Crippen LogP contribution in [0.25, 0.3) is 0 Å². The van der Waals surface area contributed by atoms with E-state index in [9.17, 15) is 14.9 Å². The minimum atomic E-state index is -1.08. The fourth-order valence-electron chi connectivity index (χ4n) is 4.38. The fraction of sp³-hybridized carbons (Fsp3) is 0.391. The van der Waals surface area contributed by atoms with Gasteiger partial charge in [-0.15, -0.1) is 0 Å². The van der Waals surface area contributed by atoms with Gasteiger partial charge in [-0.3, -0.25) is 14.6 Å². The van der Waals surface area contributed by atoms with E-state index in [4.69, 9.17) is 4.74 Å². The maximum Gasteiger partial charge on any atom is 0.258 e. The van der Waals surface area contributed by atoms with E-state index in [0.29, 0.717) is 23.2 Å². The molecule has 1 aromatic carbocycles. The molecule has 160 valence electrons. The monoisotopic (exact) mass is 419 g/mol. The average molecular weight is 419 g/mol. The molecule has 2 N–H and O–H groups in total. The number of H-pyrrole nitrogens is 1. The molecule has 8 heteroatoms. The smallest absolute Gasteiger partial charge is 0.258 e. The number of carbonyl (C=O) groups is 1. The van der Waals surface area contributed by atoms with Crippen LogP contribution in [-0.2, 0) is 4.79 Å². The van der Waals surface area contributed by atoms with Gasteiger partial charge >= 0.3 is 0 Å². The average Bonchev–Trinajstić information content (AvgIpc) is 2.77. The van der Waals surface area contributed by atoms with Gasteiger partial charge in [-0.1, -0.05) is 37.8 Å². The number of nitriles is 1. The Bertz CT molecular complexity index is 1100. The summed E-state index contributed by atoms with van der Waals surface area (Å²) in [6.07, 6.45) is 3.76. The molecule has 3 unspecified atom stereocenters. The minimum absolute atomic E-state index is 0.206. The molecular weight excluding hydrogens is 394 g/mol. The van der Waals surface area contributed by atoms with Gasteiger partial charge in [0.15, 0.2) is 0 Å². The zero-order valence-electron chi connectivity index (χ0n) is 17.4. The first-order valence-corrected chi connectivity index (χ1v) is 10.5. The van der Waals surface area contributed by atoms with Crippen molar-refractivity contribution in [3.8, 4) is 11.8 Å². The van der Waals surface area contributed by atoms with Crippen LogP contribution >= 0.6 is 0 Å². The first-order valence-electron chi connectivity index (χ1n) is 10.5. The van der Waals surface area contributed by atoms with Crippen LogP contribution in [0.5, 0.6) is 5.75 Å². The summed E-state index contributed by atoms with van der Waals surface area (Å²) in [5, 5.41) is 12.4. The number of fused-ring (bicyclic) bond motifs is 1.